The first kappa shape index (κ1) is 10.0. The molecule has 2 unspecified atom stereocenters. The van der Waals surface area contributed by atoms with Crippen molar-refractivity contribution in [3.05, 3.63) is 0 Å². The summed E-state index contributed by atoms with van der Waals surface area (Å²) in [6.45, 7) is 2.11. The van der Waals surface area contributed by atoms with Gasteiger partial charge < -0.3 is 5.11 Å². The van der Waals surface area contributed by atoms with Crippen LogP contribution in [-0.4, -0.2) is 28.4 Å². The molecule has 58 valence electrons. The molecular weight excluding hydrogens is 143 g/mol. The molecule has 3 heteroatoms. The molecule has 1 fully saturated rings. The van der Waals surface area contributed by atoms with Crippen LogP contribution in [0.25, 0.3) is 0 Å². The summed E-state index contributed by atoms with van der Waals surface area (Å²) >= 11 is 0. The first-order valence-electron chi connectivity index (χ1n) is 3.43. The van der Waals surface area contributed by atoms with Gasteiger partial charge >= 0.3 is 5.97 Å². The van der Waals surface area contributed by atoms with Crippen molar-refractivity contribution in [3.63, 3.8) is 0 Å². The van der Waals surface area contributed by atoms with Gasteiger partial charge in [0.1, 0.15) is 0 Å². The SMILES string of the molecule is CC1CCC(C(=O)O)C1.[AlH3]. The normalized spacial score (nSPS) is 31.3. The molecule has 0 heterocycles. The van der Waals surface area contributed by atoms with Crippen molar-refractivity contribution >= 4 is 23.3 Å². The van der Waals surface area contributed by atoms with Gasteiger partial charge in [0.25, 0.3) is 0 Å². The number of rotatable bonds is 1. The summed E-state index contributed by atoms with van der Waals surface area (Å²) in [6.07, 6.45) is 2.86. The Morgan fingerprint density at radius 1 is 1.50 bits per heavy atom. The molecule has 1 aliphatic carbocycles. The standard InChI is InChI=1S/C7H12O2.Al.3H/c1-5-2-3-6(4-5)7(8)9;;;;/h5-6H,2-4H2,1H3,(H,8,9);;;;. The Morgan fingerprint density at radius 2 is 2.10 bits per heavy atom. The van der Waals surface area contributed by atoms with Gasteiger partial charge in [0.05, 0.1) is 5.92 Å². The lowest BCUT2D eigenvalue weighted by atomic mass is 10.1. The van der Waals surface area contributed by atoms with E-state index >= 15 is 0 Å². The summed E-state index contributed by atoms with van der Waals surface area (Å²) in [6, 6.07) is 0. The van der Waals surface area contributed by atoms with Gasteiger partial charge in [-0.05, 0) is 25.2 Å². The largest absolute Gasteiger partial charge is 0.481 e. The van der Waals surface area contributed by atoms with Gasteiger partial charge in [0.2, 0.25) is 0 Å². The lowest BCUT2D eigenvalue weighted by Crippen LogP contribution is -2.08. The van der Waals surface area contributed by atoms with Crippen LogP contribution in [0.1, 0.15) is 26.2 Å². The second kappa shape index (κ2) is 4.00. The summed E-state index contributed by atoms with van der Waals surface area (Å²) in [5.41, 5.74) is 0. The van der Waals surface area contributed by atoms with Crippen LogP contribution in [0, 0.1) is 11.8 Å². The van der Waals surface area contributed by atoms with E-state index in [1.54, 1.807) is 0 Å². The fourth-order valence-electron chi connectivity index (χ4n) is 1.43. The van der Waals surface area contributed by atoms with Gasteiger partial charge in [-0.25, -0.2) is 0 Å². The fourth-order valence-corrected chi connectivity index (χ4v) is 1.43. The molecule has 0 aliphatic heterocycles. The Kier molecular flexibility index (Phi) is 4.00. The highest BCUT2D eigenvalue weighted by Crippen LogP contribution is 2.29. The molecule has 1 saturated carbocycles. The molecule has 0 aromatic rings. The summed E-state index contributed by atoms with van der Waals surface area (Å²) < 4.78 is 0. The zero-order chi connectivity index (χ0) is 6.85. The van der Waals surface area contributed by atoms with Gasteiger partial charge in [0.15, 0.2) is 17.4 Å². The van der Waals surface area contributed by atoms with Crippen LogP contribution >= 0.6 is 0 Å². The highest BCUT2D eigenvalue weighted by atomic mass is 27.0. The average molecular weight is 158 g/mol. The van der Waals surface area contributed by atoms with E-state index in [1.807, 2.05) is 0 Å². The van der Waals surface area contributed by atoms with E-state index in [4.69, 9.17) is 5.11 Å². The van der Waals surface area contributed by atoms with Crippen LogP contribution in [-0.2, 0) is 4.79 Å². The third kappa shape index (κ3) is 2.32. The van der Waals surface area contributed by atoms with E-state index in [2.05, 4.69) is 6.92 Å². The third-order valence-electron chi connectivity index (χ3n) is 2.04. The molecule has 2 nitrogen and oxygen atoms in total. The van der Waals surface area contributed by atoms with Crippen molar-refractivity contribution < 1.29 is 9.90 Å². The van der Waals surface area contributed by atoms with E-state index in [1.165, 1.54) is 0 Å². The van der Waals surface area contributed by atoms with Crippen molar-refractivity contribution in [1.29, 1.82) is 0 Å². The number of aliphatic carboxylic acids is 1. The van der Waals surface area contributed by atoms with Crippen molar-refractivity contribution in [2.24, 2.45) is 11.8 Å². The molecule has 0 radical (unpaired) electrons. The summed E-state index contributed by atoms with van der Waals surface area (Å²) in [5.74, 6) is -0.0227. The summed E-state index contributed by atoms with van der Waals surface area (Å²) in [4.78, 5) is 10.3. The van der Waals surface area contributed by atoms with Crippen molar-refractivity contribution in [3.8, 4) is 0 Å². The Bertz CT molecular complexity index is 125. The number of hydrogen-bond acceptors (Lipinski definition) is 1. The molecule has 0 aromatic heterocycles. The van der Waals surface area contributed by atoms with Crippen molar-refractivity contribution in [2.45, 2.75) is 26.2 Å². The third-order valence-corrected chi connectivity index (χ3v) is 2.04. The van der Waals surface area contributed by atoms with Gasteiger partial charge in [-0.15, -0.1) is 0 Å². The average Bonchev–Trinajstić information content (AvgIpc) is 2.14. The molecule has 0 aromatic carbocycles. The molecule has 0 bridgehead atoms. The Balaban J connectivity index is 0.000000810. The second-order valence-electron chi connectivity index (χ2n) is 2.95. The number of carboxylic acid groups (broad SMARTS) is 1. The smallest absolute Gasteiger partial charge is 0.306 e. The Labute approximate surface area is 71.8 Å². The number of hydrogen-bond donors (Lipinski definition) is 1. The Morgan fingerprint density at radius 3 is 2.30 bits per heavy atom. The van der Waals surface area contributed by atoms with Gasteiger partial charge in [-0.1, -0.05) is 6.92 Å². The van der Waals surface area contributed by atoms with Crippen LogP contribution in [0.15, 0.2) is 0 Å². The number of carboxylic acids is 1. The van der Waals surface area contributed by atoms with Crippen LogP contribution in [0.5, 0.6) is 0 Å². The van der Waals surface area contributed by atoms with Crippen LogP contribution in [0.3, 0.4) is 0 Å². The van der Waals surface area contributed by atoms with Gasteiger partial charge in [-0.3, -0.25) is 4.79 Å². The van der Waals surface area contributed by atoms with Gasteiger partial charge in [-0.2, -0.15) is 0 Å². The lowest BCUT2D eigenvalue weighted by molar-refractivity contribution is -0.141. The molecule has 0 amide bonds. The molecule has 1 aliphatic rings. The minimum Gasteiger partial charge on any atom is -0.481 e. The predicted molar refractivity (Wildman–Crippen MR) is 44.1 cm³/mol. The maximum Gasteiger partial charge on any atom is 0.306 e. The predicted octanol–water partition coefficient (Wildman–Crippen LogP) is 0.323. The molecule has 2 atom stereocenters. The van der Waals surface area contributed by atoms with Crippen LogP contribution < -0.4 is 0 Å². The summed E-state index contributed by atoms with van der Waals surface area (Å²) in [5, 5.41) is 8.53. The van der Waals surface area contributed by atoms with E-state index in [0.717, 1.165) is 19.3 Å². The van der Waals surface area contributed by atoms with E-state index in [9.17, 15) is 4.79 Å². The first-order valence-corrected chi connectivity index (χ1v) is 3.43. The molecule has 1 rings (SSSR count). The second-order valence-corrected chi connectivity index (χ2v) is 2.95. The maximum absolute atomic E-state index is 10.3. The lowest BCUT2D eigenvalue weighted by Gasteiger charge is -1.99. The van der Waals surface area contributed by atoms with Crippen LogP contribution in [0.2, 0.25) is 0 Å². The van der Waals surface area contributed by atoms with E-state index in [0.29, 0.717) is 5.92 Å². The Hall–Kier alpha value is 0.00247. The molecule has 10 heavy (non-hydrogen) atoms. The minimum absolute atomic E-state index is 0. The van der Waals surface area contributed by atoms with E-state index in [-0.39, 0.29) is 23.3 Å². The zero-order valence-corrected chi connectivity index (χ0v) is 5.63. The summed E-state index contributed by atoms with van der Waals surface area (Å²) in [7, 11) is 0. The molecule has 0 spiro atoms. The minimum atomic E-state index is -0.612. The highest BCUT2D eigenvalue weighted by Gasteiger charge is 2.26. The molecule has 0 saturated heterocycles. The number of carbonyl (C=O) groups is 1. The monoisotopic (exact) mass is 158 g/mol. The highest BCUT2D eigenvalue weighted by molar-refractivity contribution is 5.75. The van der Waals surface area contributed by atoms with Crippen LogP contribution in [0.4, 0.5) is 0 Å². The quantitative estimate of drug-likeness (QED) is 0.558. The molecule has 1 N–H and O–H groups in total. The molecular formula is C7H15AlO2. The first-order chi connectivity index (χ1) is 4.20. The van der Waals surface area contributed by atoms with Crippen molar-refractivity contribution in [1.82, 2.24) is 0 Å². The van der Waals surface area contributed by atoms with E-state index < -0.39 is 5.97 Å². The topological polar surface area (TPSA) is 37.3 Å². The fraction of sp³-hybridized carbons (Fsp3) is 0.857. The van der Waals surface area contributed by atoms with Crippen molar-refractivity contribution in [2.75, 3.05) is 0 Å². The zero-order valence-electron chi connectivity index (χ0n) is 5.63. The van der Waals surface area contributed by atoms with Gasteiger partial charge in [0, 0.05) is 0 Å². The maximum atomic E-state index is 10.3.